The van der Waals surface area contributed by atoms with Crippen molar-refractivity contribution in [1.82, 2.24) is 15.0 Å². The van der Waals surface area contributed by atoms with Crippen molar-refractivity contribution >= 4 is 11.6 Å². The van der Waals surface area contributed by atoms with E-state index in [4.69, 9.17) is 21.2 Å². The molecule has 20 heavy (non-hydrogen) atoms. The van der Waals surface area contributed by atoms with E-state index < -0.39 is 0 Å². The van der Waals surface area contributed by atoms with Crippen molar-refractivity contribution in [2.45, 2.75) is 6.54 Å². The second kappa shape index (κ2) is 7.19. The molecule has 0 aliphatic rings. The zero-order valence-electron chi connectivity index (χ0n) is 11.0. The van der Waals surface area contributed by atoms with Crippen LogP contribution in [0.1, 0.15) is 5.89 Å². The minimum absolute atomic E-state index is 0.0725. The fourth-order valence-corrected chi connectivity index (χ4v) is 2.00. The number of halogens is 1. The van der Waals surface area contributed by atoms with Gasteiger partial charge in [-0.3, -0.25) is 4.90 Å². The van der Waals surface area contributed by atoms with Crippen LogP contribution in [0.15, 0.2) is 41.4 Å². The molecule has 0 fully saturated rings. The van der Waals surface area contributed by atoms with Gasteiger partial charge in [-0.25, -0.2) is 0 Å². The summed E-state index contributed by atoms with van der Waals surface area (Å²) in [6.45, 7) is 5.40. The van der Waals surface area contributed by atoms with E-state index in [0.29, 0.717) is 36.4 Å². The van der Waals surface area contributed by atoms with E-state index in [9.17, 15) is 0 Å². The Morgan fingerprint density at radius 1 is 1.45 bits per heavy atom. The number of aliphatic hydroxyl groups excluding tert-OH is 1. The third-order valence-electron chi connectivity index (χ3n) is 2.71. The number of aromatic nitrogens is 2. The lowest BCUT2D eigenvalue weighted by Crippen LogP contribution is -2.26. The molecule has 0 spiro atoms. The van der Waals surface area contributed by atoms with Gasteiger partial charge in [0.1, 0.15) is 0 Å². The molecule has 2 aromatic rings. The maximum atomic E-state index is 9.00. The van der Waals surface area contributed by atoms with Gasteiger partial charge in [-0.15, -0.1) is 6.58 Å². The third-order valence-corrected chi connectivity index (χ3v) is 2.95. The maximum Gasteiger partial charge on any atom is 0.241 e. The molecule has 0 atom stereocenters. The molecule has 1 aromatic heterocycles. The SMILES string of the molecule is C=CCN(CCO)Cc1nc(-c2cccc(Cl)c2)no1. The van der Waals surface area contributed by atoms with Crippen LogP contribution >= 0.6 is 11.6 Å². The quantitative estimate of drug-likeness (QED) is 0.794. The number of rotatable bonds is 7. The Morgan fingerprint density at radius 3 is 3.00 bits per heavy atom. The molecule has 0 saturated heterocycles. The number of hydrogen-bond donors (Lipinski definition) is 1. The maximum absolute atomic E-state index is 9.00. The minimum Gasteiger partial charge on any atom is -0.395 e. The van der Waals surface area contributed by atoms with E-state index in [-0.39, 0.29) is 6.61 Å². The van der Waals surface area contributed by atoms with Gasteiger partial charge >= 0.3 is 0 Å². The lowest BCUT2D eigenvalue weighted by molar-refractivity contribution is 0.186. The molecule has 1 N–H and O–H groups in total. The molecule has 0 saturated carbocycles. The average molecular weight is 294 g/mol. The summed E-state index contributed by atoms with van der Waals surface area (Å²) in [7, 11) is 0. The van der Waals surface area contributed by atoms with Crippen LogP contribution in [0, 0.1) is 0 Å². The molecule has 0 unspecified atom stereocenters. The number of nitrogens with zero attached hydrogens (tertiary/aromatic N) is 3. The van der Waals surface area contributed by atoms with Gasteiger partial charge in [-0.1, -0.05) is 35.0 Å². The van der Waals surface area contributed by atoms with Crippen molar-refractivity contribution in [3.8, 4) is 11.4 Å². The molecule has 0 aliphatic carbocycles. The Morgan fingerprint density at radius 2 is 2.30 bits per heavy atom. The standard InChI is InChI=1S/C14H16ClN3O2/c1-2-6-18(7-8-19)10-13-16-14(17-20-13)11-4-3-5-12(15)9-11/h2-5,9,19H,1,6-8,10H2. The van der Waals surface area contributed by atoms with Gasteiger partial charge in [0.15, 0.2) is 0 Å². The molecule has 0 amide bonds. The van der Waals surface area contributed by atoms with E-state index in [1.54, 1.807) is 18.2 Å². The zero-order chi connectivity index (χ0) is 14.4. The van der Waals surface area contributed by atoms with Crippen molar-refractivity contribution in [2.24, 2.45) is 0 Å². The summed E-state index contributed by atoms with van der Waals surface area (Å²) in [5, 5.41) is 13.6. The first-order valence-electron chi connectivity index (χ1n) is 6.25. The van der Waals surface area contributed by atoms with E-state index in [1.807, 2.05) is 17.0 Å². The molecule has 6 heteroatoms. The first kappa shape index (κ1) is 14.7. The van der Waals surface area contributed by atoms with Gasteiger partial charge in [0, 0.05) is 23.7 Å². The van der Waals surface area contributed by atoms with Gasteiger partial charge in [0.05, 0.1) is 13.2 Å². The van der Waals surface area contributed by atoms with Gasteiger partial charge < -0.3 is 9.63 Å². The van der Waals surface area contributed by atoms with Crippen LogP contribution < -0.4 is 0 Å². The van der Waals surface area contributed by atoms with Crippen molar-refractivity contribution in [1.29, 1.82) is 0 Å². The molecule has 5 nitrogen and oxygen atoms in total. The van der Waals surface area contributed by atoms with Gasteiger partial charge in [-0.05, 0) is 12.1 Å². The van der Waals surface area contributed by atoms with E-state index in [2.05, 4.69) is 16.7 Å². The van der Waals surface area contributed by atoms with Gasteiger partial charge in [-0.2, -0.15) is 4.98 Å². The summed E-state index contributed by atoms with van der Waals surface area (Å²) in [6, 6.07) is 7.28. The monoisotopic (exact) mass is 293 g/mol. The Hall–Kier alpha value is -1.69. The van der Waals surface area contributed by atoms with Crippen LogP contribution in [0.4, 0.5) is 0 Å². The highest BCUT2D eigenvalue weighted by Gasteiger charge is 2.12. The first-order valence-corrected chi connectivity index (χ1v) is 6.63. The molecule has 1 aromatic carbocycles. The highest BCUT2D eigenvalue weighted by Crippen LogP contribution is 2.20. The molecular formula is C14H16ClN3O2. The molecular weight excluding hydrogens is 278 g/mol. The molecule has 0 radical (unpaired) electrons. The van der Waals surface area contributed by atoms with Gasteiger partial charge in [0.2, 0.25) is 11.7 Å². The first-order chi connectivity index (χ1) is 9.72. The fraction of sp³-hybridized carbons (Fsp3) is 0.286. The van der Waals surface area contributed by atoms with Crippen LogP contribution in [0.5, 0.6) is 0 Å². The summed E-state index contributed by atoms with van der Waals surface area (Å²) in [5.74, 6) is 1.00. The number of aliphatic hydroxyl groups is 1. The average Bonchev–Trinajstić information content (AvgIpc) is 2.88. The Labute approximate surface area is 122 Å². The largest absolute Gasteiger partial charge is 0.395 e. The summed E-state index contributed by atoms with van der Waals surface area (Å²) < 4.78 is 5.22. The second-order valence-corrected chi connectivity index (χ2v) is 4.71. The van der Waals surface area contributed by atoms with Crippen LogP contribution in [-0.2, 0) is 6.54 Å². The topological polar surface area (TPSA) is 62.4 Å². The zero-order valence-corrected chi connectivity index (χ0v) is 11.8. The van der Waals surface area contributed by atoms with Crippen molar-refractivity contribution in [2.75, 3.05) is 19.7 Å². The normalized spacial score (nSPS) is 10.9. The van der Waals surface area contributed by atoms with E-state index >= 15 is 0 Å². The minimum atomic E-state index is 0.0725. The van der Waals surface area contributed by atoms with Gasteiger partial charge in [0.25, 0.3) is 0 Å². The third kappa shape index (κ3) is 3.90. The predicted octanol–water partition coefficient (Wildman–Crippen LogP) is 2.37. The smallest absolute Gasteiger partial charge is 0.241 e. The Bertz CT molecular complexity index is 571. The van der Waals surface area contributed by atoms with Crippen LogP contribution in [0.3, 0.4) is 0 Å². The summed E-state index contributed by atoms with van der Waals surface area (Å²) in [4.78, 5) is 6.29. The second-order valence-electron chi connectivity index (χ2n) is 4.27. The molecule has 1 heterocycles. The molecule has 106 valence electrons. The van der Waals surface area contributed by atoms with Crippen molar-refractivity contribution in [3.63, 3.8) is 0 Å². The Kier molecular flexibility index (Phi) is 5.29. The van der Waals surface area contributed by atoms with E-state index in [1.165, 1.54) is 0 Å². The molecule has 0 bridgehead atoms. The van der Waals surface area contributed by atoms with Crippen molar-refractivity contribution < 1.29 is 9.63 Å². The van der Waals surface area contributed by atoms with Crippen molar-refractivity contribution in [3.05, 3.63) is 47.8 Å². The predicted molar refractivity (Wildman–Crippen MR) is 77.3 cm³/mol. The van der Waals surface area contributed by atoms with Crippen LogP contribution in [-0.4, -0.2) is 39.8 Å². The number of benzene rings is 1. The van der Waals surface area contributed by atoms with Crippen LogP contribution in [0.25, 0.3) is 11.4 Å². The fourth-order valence-electron chi connectivity index (χ4n) is 1.81. The summed E-state index contributed by atoms with van der Waals surface area (Å²) in [5.41, 5.74) is 0.810. The highest BCUT2D eigenvalue weighted by molar-refractivity contribution is 6.30. The number of hydrogen-bond acceptors (Lipinski definition) is 5. The molecule has 2 rings (SSSR count). The Balaban J connectivity index is 2.10. The summed E-state index contributed by atoms with van der Waals surface area (Å²) >= 11 is 5.94. The lowest BCUT2D eigenvalue weighted by atomic mass is 10.2. The molecule has 0 aliphatic heterocycles. The lowest BCUT2D eigenvalue weighted by Gasteiger charge is -2.16. The van der Waals surface area contributed by atoms with E-state index in [0.717, 1.165) is 5.56 Å². The highest BCUT2D eigenvalue weighted by atomic mass is 35.5. The summed E-state index contributed by atoms with van der Waals surface area (Å²) in [6.07, 6.45) is 1.77. The van der Waals surface area contributed by atoms with Crippen LogP contribution in [0.2, 0.25) is 5.02 Å².